The van der Waals surface area contributed by atoms with Crippen LogP contribution in [-0.2, 0) is 0 Å². The van der Waals surface area contributed by atoms with Gasteiger partial charge < -0.3 is 16.0 Å². The highest BCUT2D eigenvalue weighted by molar-refractivity contribution is 5.80. The van der Waals surface area contributed by atoms with E-state index in [0.717, 1.165) is 43.2 Å². The number of hydrogen-bond donors (Lipinski definition) is 2. The largest absolute Gasteiger partial charge is 0.394 e. The van der Waals surface area contributed by atoms with E-state index < -0.39 is 0 Å². The Labute approximate surface area is 120 Å². The van der Waals surface area contributed by atoms with Gasteiger partial charge in [0.15, 0.2) is 5.82 Å². The molecule has 2 heterocycles. The first kappa shape index (κ1) is 14.7. The Morgan fingerprint density at radius 3 is 2.60 bits per heavy atom. The molecule has 0 unspecified atom stereocenters. The lowest BCUT2D eigenvalue weighted by molar-refractivity contribution is 0.285. The number of nitrogens with one attached hydrogen (secondary N) is 1. The number of anilines is 2. The molecule has 0 saturated carbocycles. The number of rotatable bonds is 8. The summed E-state index contributed by atoms with van der Waals surface area (Å²) in [7, 11) is 0. The van der Waals surface area contributed by atoms with Gasteiger partial charge >= 0.3 is 0 Å². The zero-order valence-electron chi connectivity index (χ0n) is 12.5. The van der Waals surface area contributed by atoms with Gasteiger partial charge in [0, 0.05) is 19.3 Å². The van der Waals surface area contributed by atoms with Crippen LogP contribution < -0.4 is 11.1 Å². The van der Waals surface area contributed by atoms with Crippen LogP contribution >= 0.6 is 0 Å². The number of fused-ring (bicyclic) bond motifs is 1. The molecule has 2 rings (SSSR count). The first-order valence-electron chi connectivity index (χ1n) is 7.45. The number of pyridine rings is 1. The fourth-order valence-corrected chi connectivity index (χ4v) is 2.45. The average Bonchev–Trinajstić information content (AvgIpc) is 2.77. The quantitative estimate of drug-likeness (QED) is 0.777. The smallest absolute Gasteiger partial charge is 0.172 e. The number of nitrogens with two attached hydrogens (primary N) is 1. The van der Waals surface area contributed by atoms with Gasteiger partial charge in [0.1, 0.15) is 5.69 Å². The van der Waals surface area contributed by atoms with Crippen molar-refractivity contribution in [3.05, 3.63) is 24.4 Å². The molecule has 2 aromatic rings. The molecule has 3 N–H and O–H groups in total. The van der Waals surface area contributed by atoms with Crippen LogP contribution in [0.2, 0.25) is 0 Å². The van der Waals surface area contributed by atoms with E-state index in [1.54, 1.807) is 0 Å². The van der Waals surface area contributed by atoms with Crippen LogP contribution in [0.4, 0.5) is 11.5 Å². The van der Waals surface area contributed by atoms with E-state index in [1.807, 2.05) is 28.9 Å². The van der Waals surface area contributed by atoms with Crippen LogP contribution in [0.15, 0.2) is 24.4 Å². The lowest BCUT2D eigenvalue weighted by Crippen LogP contribution is -2.30. The summed E-state index contributed by atoms with van der Waals surface area (Å²) in [6.07, 6.45) is 4.30. The van der Waals surface area contributed by atoms with E-state index in [-0.39, 0.29) is 0 Å². The van der Waals surface area contributed by atoms with E-state index in [9.17, 15) is 0 Å². The van der Waals surface area contributed by atoms with E-state index in [0.29, 0.717) is 0 Å². The van der Waals surface area contributed by atoms with Crippen LogP contribution in [0.25, 0.3) is 5.52 Å². The Morgan fingerprint density at radius 1 is 1.20 bits per heavy atom. The first-order chi connectivity index (χ1) is 9.76. The summed E-state index contributed by atoms with van der Waals surface area (Å²) in [4.78, 5) is 2.47. The summed E-state index contributed by atoms with van der Waals surface area (Å²) in [5, 5.41) is 7.81. The maximum absolute atomic E-state index is 6.11. The monoisotopic (exact) mass is 275 g/mol. The van der Waals surface area contributed by atoms with Crippen molar-refractivity contribution in [2.24, 2.45) is 0 Å². The average molecular weight is 275 g/mol. The minimum absolute atomic E-state index is 0.725. The zero-order chi connectivity index (χ0) is 14.4. The van der Waals surface area contributed by atoms with Gasteiger partial charge in [0.25, 0.3) is 0 Å². The fourth-order valence-electron chi connectivity index (χ4n) is 2.45. The lowest BCUT2D eigenvalue weighted by Gasteiger charge is -2.20. The Bertz CT molecular complexity index is 528. The summed E-state index contributed by atoms with van der Waals surface area (Å²) < 4.78 is 1.81. The van der Waals surface area contributed by atoms with E-state index in [1.165, 1.54) is 12.8 Å². The first-order valence-corrected chi connectivity index (χ1v) is 7.45. The van der Waals surface area contributed by atoms with Gasteiger partial charge in [-0.05, 0) is 38.1 Å². The van der Waals surface area contributed by atoms with Gasteiger partial charge in [0.2, 0.25) is 0 Å². The van der Waals surface area contributed by atoms with Crippen molar-refractivity contribution in [2.45, 2.75) is 26.7 Å². The van der Waals surface area contributed by atoms with Crippen LogP contribution in [0.3, 0.4) is 0 Å². The summed E-state index contributed by atoms with van der Waals surface area (Å²) in [5.41, 5.74) is 7.79. The molecule has 0 fully saturated rings. The molecule has 0 amide bonds. The molecule has 0 atom stereocenters. The fraction of sp³-hybridized carbons (Fsp3) is 0.533. The predicted molar refractivity (Wildman–Crippen MR) is 85.1 cm³/mol. The molecule has 0 aliphatic rings. The third kappa shape index (κ3) is 3.42. The van der Waals surface area contributed by atoms with E-state index in [4.69, 9.17) is 5.73 Å². The summed E-state index contributed by atoms with van der Waals surface area (Å²) in [6.45, 7) is 8.63. The molecule has 0 spiro atoms. The minimum atomic E-state index is 0.725. The normalized spacial score (nSPS) is 11.3. The van der Waals surface area contributed by atoms with Gasteiger partial charge in [-0.15, -0.1) is 5.10 Å². The highest BCUT2D eigenvalue weighted by Crippen LogP contribution is 2.22. The standard InChI is InChI=1S/C15H25N5/c1-3-9-19(10-4-2)12-8-17-15-14(16)13-7-5-6-11-20(13)18-15/h5-7,11H,3-4,8-10,12,16H2,1-2H3,(H,17,18). The molecule has 110 valence electrons. The molecule has 20 heavy (non-hydrogen) atoms. The molecular weight excluding hydrogens is 250 g/mol. The molecule has 2 aromatic heterocycles. The lowest BCUT2D eigenvalue weighted by atomic mass is 10.3. The van der Waals surface area contributed by atoms with E-state index >= 15 is 0 Å². The van der Waals surface area contributed by atoms with Crippen molar-refractivity contribution in [3.63, 3.8) is 0 Å². The predicted octanol–water partition coefficient (Wildman–Crippen LogP) is 2.45. The Morgan fingerprint density at radius 2 is 1.95 bits per heavy atom. The Balaban J connectivity index is 1.93. The minimum Gasteiger partial charge on any atom is -0.394 e. The van der Waals surface area contributed by atoms with Crippen LogP contribution in [0.5, 0.6) is 0 Å². The van der Waals surface area contributed by atoms with Crippen molar-refractivity contribution < 1.29 is 0 Å². The van der Waals surface area contributed by atoms with Gasteiger partial charge in [-0.2, -0.15) is 0 Å². The van der Waals surface area contributed by atoms with Crippen molar-refractivity contribution in [2.75, 3.05) is 37.2 Å². The highest BCUT2D eigenvalue weighted by Gasteiger charge is 2.09. The molecule has 5 heteroatoms. The molecule has 0 aromatic carbocycles. The zero-order valence-corrected chi connectivity index (χ0v) is 12.5. The summed E-state index contributed by atoms with van der Waals surface area (Å²) in [6, 6.07) is 5.91. The van der Waals surface area contributed by atoms with Crippen molar-refractivity contribution >= 4 is 17.0 Å². The third-order valence-corrected chi connectivity index (χ3v) is 3.38. The van der Waals surface area contributed by atoms with Crippen LogP contribution in [-0.4, -0.2) is 40.7 Å². The second kappa shape index (κ2) is 7.14. The van der Waals surface area contributed by atoms with Gasteiger partial charge in [-0.25, -0.2) is 4.52 Å². The molecule has 0 aliphatic carbocycles. The van der Waals surface area contributed by atoms with Gasteiger partial charge in [0.05, 0.1) is 5.52 Å². The highest BCUT2D eigenvalue weighted by atomic mass is 15.3. The number of nitrogens with zero attached hydrogens (tertiary/aromatic N) is 3. The molecule has 5 nitrogen and oxygen atoms in total. The number of hydrogen-bond acceptors (Lipinski definition) is 4. The van der Waals surface area contributed by atoms with Crippen molar-refractivity contribution in [1.82, 2.24) is 14.5 Å². The van der Waals surface area contributed by atoms with Crippen LogP contribution in [0, 0.1) is 0 Å². The SMILES string of the molecule is CCCN(CCC)CCNc1nn2ccccc2c1N. The molecule has 0 radical (unpaired) electrons. The summed E-state index contributed by atoms with van der Waals surface area (Å²) in [5.74, 6) is 0.782. The summed E-state index contributed by atoms with van der Waals surface area (Å²) >= 11 is 0. The topological polar surface area (TPSA) is 58.6 Å². The Hall–Kier alpha value is -1.75. The third-order valence-electron chi connectivity index (χ3n) is 3.38. The Kier molecular flexibility index (Phi) is 5.24. The van der Waals surface area contributed by atoms with Gasteiger partial charge in [-0.1, -0.05) is 19.9 Å². The van der Waals surface area contributed by atoms with Gasteiger partial charge in [-0.3, -0.25) is 0 Å². The number of aromatic nitrogens is 2. The maximum Gasteiger partial charge on any atom is 0.172 e. The second-order valence-corrected chi connectivity index (χ2v) is 5.06. The van der Waals surface area contributed by atoms with Crippen LogP contribution in [0.1, 0.15) is 26.7 Å². The maximum atomic E-state index is 6.11. The molecular formula is C15H25N5. The number of nitrogen functional groups attached to an aromatic ring is 1. The molecule has 0 aliphatic heterocycles. The molecule has 0 bridgehead atoms. The second-order valence-electron chi connectivity index (χ2n) is 5.06. The molecule has 0 saturated heterocycles. The van der Waals surface area contributed by atoms with E-state index in [2.05, 4.69) is 29.2 Å². The van der Waals surface area contributed by atoms with Crippen molar-refractivity contribution in [1.29, 1.82) is 0 Å². The van der Waals surface area contributed by atoms with Crippen molar-refractivity contribution in [3.8, 4) is 0 Å².